The Bertz CT molecular complexity index is 656. The molecule has 5 heteroatoms. The molecule has 110 valence electrons. The van der Waals surface area contributed by atoms with Crippen LogP contribution in [0.3, 0.4) is 0 Å². The highest BCUT2D eigenvalue weighted by molar-refractivity contribution is 6.34. The molecule has 0 bridgehead atoms. The molecule has 1 amide bonds. The van der Waals surface area contributed by atoms with E-state index >= 15 is 0 Å². The van der Waals surface area contributed by atoms with Crippen molar-refractivity contribution < 1.29 is 4.79 Å². The predicted molar refractivity (Wildman–Crippen MR) is 87.3 cm³/mol. The molecule has 0 atom stereocenters. The lowest BCUT2D eigenvalue weighted by Gasteiger charge is -2.14. The normalized spacial score (nSPS) is 10.5. The fraction of sp³-hybridized carbons (Fsp3) is 0.250. The van der Waals surface area contributed by atoms with Crippen LogP contribution >= 0.6 is 11.6 Å². The molecular formula is C16H18ClN3O. The first kappa shape index (κ1) is 15.3. The third-order valence-electron chi connectivity index (χ3n) is 3.19. The van der Waals surface area contributed by atoms with Crippen molar-refractivity contribution in [1.82, 2.24) is 4.98 Å². The van der Waals surface area contributed by atoms with E-state index in [0.29, 0.717) is 22.3 Å². The van der Waals surface area contributed by atoms with Gasteiger partial charge in [-0.1, -0.05) is 43.6 Å². The summed E-state index contributed by atoms with van der Waals surface area (Å²) >= 11 is 6.07. The van der Waals surface area contributed by atoms with E-state index in [9.17, 15) is 4.79 Å². The molecule has 2 rings (SSSR count). The zero-order valence-electron chi connectivity index (χ0n) is 12.3. The number of aromatic nitrogens is 1. The lowest BCUT2D eigenvalue weighted by atomic mass is 10.0. The van der Waals surface area contributed by atoms with Crippen molar-refractivity contribution in [1.29, 1.82) is 0 Å². The largest absolute Gasteiger partial charge is 0.373 e. The van der Waals surface area contributed by atoms with Crippen LogP contribution in [0.2, 0.25) is 5.02 Å². The number of benzene rings is 1. The van der Waals surface area contributed by atoms with Crippen molar-refractivity contribution in [2.45, 2.75) is 19.8 Å². The Balaban J connectivity index is 2.30. The number of pyridine rings is 1. The highest BCUT2D eigenvalue weighted by Crippen LogP contribution is 2.25. The highest BCUT2D eigenvalue weighted by Gasteiger charge is 2.14. The number of para-hydroxylation sites is 1. The molecule has 1 aromatic carbocycles. The van der Waals surface area contributed by atoms with Crippen LogP contribution in [0.5, 0.6) is 0 Å². The summed E-state index contributed by atoms with van der Waals surface area (Å²) < 4.78 is 0. The summed E-state index contributed by atoms with van der Waals surface area (Å²) in [6.07, 6.45) is 1.47. The van der Waals surface area contributed by atoms with E-state index in [0.717, 1.165) is 11.3 Å². The van der Waals surface area contributed by atoms with Crippen molar-refractivity contribution in [3.63, 3.8) is 0 Å². The van der Waals surface area contributed by atoms with Crippen LogP contribution in [0.25, 0.3) is 0 Å². The molecule has 0 fully saturated rings. The number of nitrogens with one attached hydrogen (secondary N) is 2. The lowest BCUT2D eigenvalue weighted by Crippen LogP contribution is -2.14. The molecule has 0 radical (unpaired) electrons. The van der Waals surface area contributed by atoms with Gasteiger partial charge in [0.05, 0.1) is 10.6 Å². The van der Waals surface area contributed by atoms with Gasteiger partial charge >= 0.3 is 0 Å². The first-order chi connectivity index (χ1) is 10.0. The predicted octanol–water partition coefficient (Wildman–Crippen LogP) is 4.15. The van der Waals surface area contributed by atoms with Crippen LogP contribution in [0.15, 0.2) is 36.5 Å². The maximum absolute atomic E-state index is 12.4. The van der Waals surface area contributed by atoms with Gasteiger partial charge in [0.25, 0.3) is 5.91 Å². The van der Waals surface area contributed by atoms with E-state index < -0.39 is 0 Å². The molecule has 0 unspecified atom stereocenters. The second kappa shape index (κ2) is 6.59. The molecule has 1 aromatic heterocycles. The summed E-state index contributed by atoms with van der Waals surface area (Å²) in [5.41, 5.74) is 2.29. The van der Waals surface area contributed by atoms with Gasteiger partial charge in [0.2, 0.25) is 0 Å². The molecule has 0 aliphatic heterocycles. The quantitative estimate of drug-likeness (QED) is 0.892. The van der Waals surface area contributed by atoms with E-state index in [1.165, 1.54) is 6.20 Å². The SMILES string of the molecule is CNc1cc(C(=O)Nc2ccccc2C(C)C)c(Cl)cn1. The summed E-state index contributed by atoms with van der Waals surface area (Å²) in [6, 6.07) is 9.39. The summed E-state index contributed by atoms with van der Waals surface area (Å²) in [4.78, 5) is 16.5. The van der Waals surface area contributed by atoms with Crippen LogP contribution < -0.4 is 10.6 Å². The van der Waals surface area contributed by atoms with E-state index in [4.69, 9.17) is 11.6 Å². The number of hydrogen-bond acceptors (Lipinski definition) is 3. The van der Waals surface area contributed by atoms with Crippen molar-refractivity contribution in [2.24, 2.45) is 0 Å². The average molecular weight is 304 g/mol. The van der Waals surface area contributed by atoms with E-state index in [-0.39, 0.29) is 5.91 Å². The third-order valence-corrected chi connectivity index (χ3v) is 3.49. The molecule has 1 heterocycles. The number of nitrogens with zero attached hydrogens (tertiary/aromatic N) is 1. The minimum Gasteiger partial charge on any atom is -0.373 e. The van der Waals surface area contributed by atoms with Gasteiger partial charge in [-0.2, -0.15) is 0 Å². The Hall–Kier alpha value is -2.07. The highest BCUT2D eigenvalue weighted by atomic mass is 35.5. The zero-order valence-corrected chi connectivity index (χ0v) is 13.0. The number of carbonyl (C=O) groups excluding carboxylic acids is 1. The summed E-state index contributed by atoms with van der Waals surface area (Å²) in [5.74, 6) is 0.677. The molecule has 2 N–H and O–H groups in total. The van der Waals surface area contributed by atoms with Gasteiger partial charge in [-0.25, -0.2) is 4.98 Å². The second-order valence-electron chi connectivity index (χ2n) is 5.00. The van der Waals surface area contributed by atoms with Crippen LogP contribution in [0.4, 0.5) is 11.5 Å². The Morgan fingerprint density at radius 3 is 2.67 bits per heavy atom. The minimum absolute atomic E-state index is 0.244. The molecule has 0 spiro atoms. The average Bonchev–Trinajstić information content (AvgIpc) is 2.48. The van der Waals surface area contributed by atoms with E-state index in [2.05, 4.69) is 29.5 Å². The van der Waals surface area contributed by atoms with Gasteiger partial charge in [0.15, 0.2) is 0 Å². The maximum atomic E-state index is 12.4. The van der Waals surface area contributed by atoms with Gasteiger partial charge in [0.1, 0.15) is 5.82 Å². The Labute approximate surface area is 129 Å². The van der Waals surface area contributed by atoms with Crippen molar-refractivity contribution in [3.05, 3.63) is 52.7 Å². The molecule has 21 heavy (non-hydrogen) atoms. The minimum atomic E-state index is -0.244. The number of halogens is 1. The smallest absolute Gasteiger partial charge is 0.257 e. The zero-order chi connectivity index (χ0) is 15.4. The molecule has 0 saturated heterocycles. The van der Waals surface area contributed by atoms with Gasteiger partial charge in [0, 0.05) is 18.9 Å². The topological polar surface area (TPSA) is 54.0 Å². The van der Waals surface area contributed by atoms with Crippen LogP contribution in [0.1, 0.15) is 35.7 Å². The number of anilines is 2. The van der Waals surface area contributed by atoms with E-state index in [1.54, 1.807) is 13.1 Å². The van der Waals surface area contributed by atoms with Crippen LogP contribution in [0, 0.1) is 0 Å². The first-order valence-electron chi connectivity index (χ1n) is 6.76. The molecule has 2 aromatic rings. The van der Waals surface area contributed by atoms with Gasteiger partial charge < -0.3 is 10.6 Å². The maximum Gasteiger partial charge on any atom is 0.257 e. The number of rotatable bonds is 4. The Morgan fingerprint density at radius 1 is 1.29 bits per heavy atom. The fourth-order valence-corrected chi connectivity index (χ4v) is 2.24. The molecule has 0 saturated carbocycles. The van der Waals surface area contributed by atoms with Crippen LogP contribution in [-0.4, -0.2) is 17.9 Å². The van der Waals surface area contributed by atoms with Crippen molar-refractivity contribution in [3.8, 4) is 0 Å². The number of amides is 1. The molecule has 0 aliphatic rings. The second-order valence-corrected chi connectivity index (χ2v) is 5.40. The van der Waals surface area contributed by atoms with Gasteiger partial charge in [-0.15, -0.1) is 0 Å². The van der Waals surface area contributed by atoms with Gasteiger partial charge in [-0.05, 0) is 23.6 Å². The summed E-state index contributed by atoms with van der Waals surface area (Å²) in [6.45, 7) is 4.17. The fourth-order valence-electron chi connectivity index (χ4n) is 2.05. The lowest BCUT2D eigenvalue weighted by molar-refractivity contribution is 0.102. The van der Waals surface area contributed by atoms with Gasteiger partial charge in [-0.3, -0.25) is 4.79 Å². The monoisotopic (exact) mass is 303 g/mol. The Kier molecular flexibility index (Phi) is 4.81. The van der Waals surface area contributed by atoms with Crippen LogP contribution in [-0.2, 0) is 0 Å². The van der Waals surface area contributed by atoms with Crippen molar-refractivity contribution in [2.75, 3.05) is 17.7 Å². The van der Waals surface area contributed by atoms with E-state index in [1.807, 2.05) is 24.3 Å². The third kappa shape index (κ3) is 3.52. The number of carbonyl (C=O) groups is 1. The van der Waals surface area contributed by atoms with Crippen molar-refractivity contribution >= 4 is 29.0 Å². The number of hydrogen-bond donors (Lipinski definition) is 2. The Morgan fingerprint density at radius 2 is 2.00 bits per heavy atom. The first-order valence-corrected chi connectivity index (χ1v) is 7.14. The molecular weight excluding hydrogens is 286 g/mol. The molecule has 4 nitrogen and oxygen atoms in total. The standard InChI is InChI=1S/C16H18ClN3O/c1-10(2)11-6-4-5-7-14(11)20-16(21)12-8-15(18-3)19-9-13(12)17/h4-10H,1-3H3,(H,18,19)(H,20,21). The summed E-state index contributed by atoms with van der Waals surface area (Å²) in [7, 11) is 1.74. The molecule has 0 aliphatic carbocycles. The summed E-state index contributed by atoms with van der Waals surface area (Å²) in [5, 5.41) is 6.14.